The van der Waals surface area contributed by atoms with Crippen LogP contribution in [0, 0.1) is 0 Å². The Bertz CT molecular complexity index is 228. The highest BCUT2D eigenvalue weighted by Crippen LogP contribution is 2.25. The van der Waals surface area contributed by atoms with Gasteiger partial charge in [0.1, 0.15) is 4.32 Å². The number of hydrogen-bond acceptors (Lipinski definition) is 3. The monoisotopic (exact) mass is 203 g/mol. The van der Waals surface area contributed by atoms with Crippen LogP contribution < -0.4 is 0 Å². The van der Waals surface area contributed by atoms with Gasteiger partial charge in [0.05, 0.1) is 4.21 Å². The van der Waals surface area contributed by atoms with Gasteiger partial charge in [0.15, 0.2) is 0 Å². The topological polar surface area (TPSA) is 3.24 Å². The Balaban J connectivity index is 2.50. The minimum Gasteiger partial charge on any atom is -0.363 e. The van der Waals surface area contributed by atoms with E-state index in [2.05, 4.69) is 11.4 Å². The molecule has 0 saturated carbocycles. The van der Waals surface area contributed by atoms with Gasteiger partial charge in [-0.3, -0.25) is 0 Å². The summed E-state index contributed by atoms with van der Waals surface area (Å²) in [4.78, 5) is 1.94. The molecule has 0 fully saturated rings. The Morgan fingerprint density at radius 2 is 2.36 bits per heavy atom. The lowest BCUT2D eigenvalue weighted by molar-refractivity contribution is 0.648. The van der Waals surface area contributed by atoms with Crippen molar-refractivity contribution in [3.8, 4) is 0 Å². The first-order chi connectivity index (χ1) is 5.20. The summed E-state index contributed by atoms with van der Waals surface area (Å²) < 4.78 is 2.16. The van der Waals surface area contributed by atoms with Crippen LogP contribution in [0.15, 0.2) is 21.7 Å². The maximum Gasteiger partial charge on any atom is 0.141 e. The van der Waals surface area contributed by atoms with Gasteiger partial charge in [0, 0.05) is 14.1 Å². The Kier molecular flexibility index (Phi) is 3.36. The van der Waals surface area contributed by atoms with Gasteiger partial charge in [-0.05, 0) is 23.2 Å². The smallest absolute Gasteiger partial charge is 0.141 e. The van der Waals surface area contributed by atoms with Crippen LogP contribution in [0.3, 0.4) is 0 Å². The molecule has 1 nitrogen and oxygen atoms in total. The zero-order valence-corrected chi connectivity index (χ0v) is 8.85. The molecule has 0 aliphatic rings. The fraction of sp³-hybridized carbons (Fsp3) is 0.286. The highest BCUT2D eigenvalue weighted by atomic mass is 32.2. The van der Waals surface area contributed by atoms with Gasteiger partial charge < -0.3 is 4.90 Å². The van der Waals surface area contributed by atoms with Gasteiger partial charge in [-0.15, -0.1) is 11.3 Å². The molecule has 1 aromatic heterocycles. The van der Waals surface area contributed by atoms with Crippen molar-refractivity contribution < 1.29 is 0 Å². The molecule has 0 spiro atoms. The highest BCUT2D eigenvalue weighted by Gasteiger charge is 2.01. The van der Waals surface area contributed by atoms with E-state index in [0.717, 1.165) is 4.32 Å². The molecule has 11 heavy (non-hydrogen) atoms. The van der Waals surface area contributed by atoms with E-state index in [1.54, 1.807) is 23.1 Å². The van der Waals surface area contributed by atoms with Crippen LogP contribution in [-0.4, -0.2) is 23.3 Å². The van der Waals surface area contributed by atoms with Crippen LogP contribution in [0.4, 0.5) is 0 Å². The van der Waals surface area contributed by atoms with E-state index < -0.39 is 0 Å². The van der Waals surface area contributed by atoms with Gasteiger partial charge in [-0.1, -0.05) is 18.3 Å². The minimum absolute atomic E-state index is 0.910. The molecule has 1 aromatic rings. The molecule has 0 amide bonds. The molecule has 1 heterocycles. The molecule has 0 unspecified atom stereocenters. The zero-order chi connectivity index (χ0) is 8.27. The van der Waals surface area contributed by atoms with Crippen molar-refractivity contribution in [2.24, 2.45) is 0 Å². The van der Waals surface area contributed by atoms with Crippen molar-refractivity contribution in [2.75, 3.05) is 14.1 Å². The minimum atomic E-state index is 0.910. The number of thioether (sulfide) groups is 1. The van der Waals surface area contributed by atoms with Crippen molar-refractivity contribution in [3.05, 3.63) is 17.5 Å². The number of rotatable bonds is 1. The molecule has 1 rings (SSSR count). The fourth-order valence-electron chi connectivity index (χ4n) is 0.499. The molecule has 0 saturated heterocycles. The quantitative estimate of drug-likeness (QED) is 0.510. The fourth-order valence-corrected chi connectivity index (χ4v) is 2.47. The SMILES string of the molecule is CN(C)C(=S)Sc1cccs1. The summed E-state index contributed by atoms with van der Waals surface area (Å²) in [6, 6.07) is 4.11. The first-order valence-corrected chi connectivity index (χ1v) is 5.23. The normalized spacial score (nSPS) is 9.64. The van der Waals surface area contributed by atoms with Crippen LogP contribution in [0.2, 0.25) is 0 Å². The summed E-state index contributed by atoms with van der Waals surface area (Å²) in [6.45, 7) is 0. The summed E-state index contributed by atoms with van der Waals surface area (Å²) in [5.41, 5.74) is 0. The molecule has 0 aliphatic heterocycles. The Morgan fingerprint density at radius 1 is 1.64 bits per heavy atom. The maximum atomic E-state index is 5.12. The van der Waals surface area contributed by atoms with E-state index in [1.807, 2.05) is 25.1 Å². The largest absolute Gasteiger partial charge is 0.363 e. The molecule has 0 radical (unpaired) electrons. The molecule has 0 N–H and O–H groups in total. The molecule has 0 aromatic carbocycles. The van der Waals surface area contributed by atoms with E-state index in [9.17, 15) is 0 Å². The van der Waals surface area contributed by atoms with Gasteiger partial charge >= 0.3 is 0 Å². The summed E-state index contributed by atoms with van der Waals surface area (Å²) in [5.74, 6) is 0. The third-order valence-electron chi connectivity index (χ3n) is 1.05. The summed E-state index contributed by atoms with van der Waals surface area (Å²) in [7, 11) is 3.92. The first-order valence-electron chi connectivity index (χ1n) is 3.13. The predicted molar refractivity (Wildman–Crippen MR) is 56.5 cm³/mol. The predicted octanol–water partition coefficient (Wildman–Crippen LogP) is 2.69. The van der Waals surface area contributed by atoms with E-state index in [0.29, 0.717) is 0 Å². The van der Waals surface area contributed by atoms with Gasteiger partial charge in [-0.25, -0.2) is 0 Å². The number of hydrogen-bond donors (Lipinski definition) is 0. The lowest BCUT2D eigenvalue weighted by atomic mass is 10.7. The third kappa shape index (κ3) is 2.81. The highest BCUT2D eigenvalue weighted by molar-refractivity contribution is 8.23. The van der Waals surface area contributed by atoms with Crippen LogP contribution >= 0.6 is 35.3 Å². The average molecular weight is 203 g/mol. The molecule has 60 valence electrons. The van der Waals surface area contributed by atoms with Crippen molar-refractivity contribution in [3.63, 3.8) is 0 Å². The lowest BCUT2D eigenvalue weighted by Gasteiger charge is -2.10. The van der Waals surface area contributed by atoms with Crippen LogP contribution in [0.5, 0.6) is 0 Å². The Morgan fingerprint density at radius 3 is 2.82 bits per heavy atom. The summed E-state index contributed by atoms with van der Waals surface area (Å²) in [5, 5.41) is 2.06. The standard InChI is InChI=1S/C7H9NS3/c1-8(2)7(9)11-6-4-3-5-10-6/h3-5H,1-2H3. The average Bonchev–Trinajstić information content (AvgIpc) is 2.39. The first kappa shape index (κ1) is 9.03. The zero-order valence-electron chi connectivity index (χ0n) is 6.40. The summed E-state index contributed by atoms with van der Waals surface area (Å²) in [6.07, 6.45) is 0. The summed E-state index contributed by atoms with van der Waals surface area (Å²) >= 11 is 8.47. The molecule has 0 bridgehead atoms. The molecular formula is C7H9NS3. The van der Waals surface area contributed by atoms with Crippen LogP contribution in [0.1, 0.15) is 0 Å². The molecule has 0 aliphatic carbocycles. The second-order valence-electron chi connectivity index (χ2n) is 2.19. The van der Waals surface area contributed by atoms with Crippen molar-refractivity contribution >= 4 is 39.6 Å². The number of thiophene rings is 1. The number of nitrogens with zero attached hydrogens (tertiary/aromatic N) is 1. The van der Waals surface area contributed by atoms with Crippen molar-refractivity contribution in [2.45, 2.75) is 4.21 Å². The van der Waals surface area contributed by atoms with Crippen LogP contribution in [0.25, 0.3) is 0 Å². The van der Waals surface area contributed by atoms with E-state index >= 15 is 0 Å². The van der Waals surface area contributed by atoms with Crippen molar-refractivity contribution in [1.29, 1.82) is 0 Å². The number of thiocarbonyl (C=S) groups is 1. The van der Waals surface area contributed by atoms with Gasteiger partial charge in [0.25, 0.3) is 0 Å². The Labute approximate surface area is 80.4 Å². The van der Waals surface area contributed by atoms with E-state index in [1.165, 1.54) is 4.21 Å². The van der Waals surface area contributed by atoms with Gasteiger partial charge in [0.2, 0.25) is 0 Å². The third-order valence-corrected chi connectivity index (χ3v) is 3.74. The van der Waals surface area contributed by atoms with Crippen molar-refractivity contribution in [1.82, 2.24) is 4.90 Å². The molecule has 4 heteroatoms. The van der Waals surface area contributed by atoms with E-state index in [4.69, 9.17) is 12.2 Å². The second-order valence-corrected chi connectivity index (χ2v) is 5.08. The lowest BCUT2D eigenvalue weighted by Crippen LogP contribution is -2.15. The molecular weight excluding hydrogens is 194 g/mol. The maximum absolute atomic E-state index is 5.12. The van der Waals surface area contributed by atoms with Gasteiger partial charge in [-0.2, -0.15) is 0 Å². The van der Waals surface area contributed by atoms with E-state index in [-0.39, 0.29) is 0 Å². The van der Waals surface area contributed by atoms with Crippen LogP contribution in [-0.2, 0) is 0 Å². The molecule has 0 atom stereocenters. The Hall–Kier alpha value is -0.0600. The second kappa shape index (κ2) is 4.09.